The molecule has 0 saturated heterocycles. The van der Waals surface area contributed by atoms with E-state index in [1.165, 1.54) is 12.1 Å². The van der Waals surface area contributed by atoms with Crippen molar-refractivity contribution in [3.8, 4) is 11.1 Å². The quantitative estimate of drug-likeness (QED) is 0.713. The van der Waals surface area contributed by atoms with Crippen LogP contribution in [0.25, 0.3) is 11.1 Å². The van der Waals surface area contributed by atoms with Crippen LogP contribution in [0.1, 0.15) is 5.56 Å². The first-order valence-corrected chi connectivity index (χ1v) is 8.83. The fraction of sp³-hybridized carbons (Fsp3) is 0.0556. The molecule has 122 valence electrons. The Kier molecular flexibility index (Phi) is 4.22. The normalized spacial score (nSPS) is 11.2. The van der Waals surface area contributed by atoms with Gasteiger partial charge in [-0.1, -0.05) is 18.2 Å². The molecule has 1 heterocycles. The molecule has 3 aromatic rings. The van der Waals surface area contributed by atoms with Gasteiger partial charge in [-0.3, -0.25) is 9.71 Å². The van der Waals surface area contributed by atoms with E-state index < -0.39 is 10.0 Å². The molecule has 1 aromatic heterocycles. The number of nitrogen functional groups attached to an aromatic ring is 1. The van der Waals surface area contributed by atoms with E-state index in [0.29, 0.717) is 11.4 Å². The average Bonchev–Trinajstić information content (AvgIpc) is 2.58. The summed E-state index contributed by atoms with van der Waals surface area (Å²) in [6, 6.07) is 15.5. The molecule has 0 fully saturated rings. The van der Waals surface area contributed by atoms with Gasteiger partial charge in [0, 0.05) is 23.6 Å². The van der Waals surface area contributed by atoms with Crippen LogP contribution in [0.3, 0.4) is 0 Å². The standard InChI is InChI=1S/C18H17N3O2S/c1-13-4-5-14(15-3-2-10-20-12-15)11-18(13)21-24(22,23)17-8-6-16(19)7-9-17/h2-12,21H,19H2,1H3. The minimum Gasteiger partial charge on any atom is -0.399 e. The van der Waals surface area contributed by atoms with Crippen molar-refractivity contribution >= 4 is 21.4 Å². The zero-order valence-corrected chi connectivity index (χ0v) is 13.9. The van der Waals surface area contributed by atoms with Gasteiger partial charge in [-0.25, -0.2) is 8.42 Å². The van der Waals surface area contributed by atoms with E-state index in [9.17, 15) is 8.42 Å². The van der Waals surface area contributed by atoms with Crippen molar-refractivity contribution in [3.63, 3.8) is 0 Å². The number of nitrogens with one attached hydrogen (secondary N) is 1. The van der Waals surface area contributed by atoms with Crippen molar-refractivity contribution in [2.24, 2.45) is 0 Å². The average molecular weight is 339 g/mol. The number of aryl methyl sites for hydroxylation is 1. The molecule has 0 bridgehead atoms. The third-order valence-corrected chi connectivity index (χ3v) is 5.05. The van der Waals surface area contributed by atoms with Gasteiger partial charge in [0.05, 0.1) is 10.6 Å². The Hall–Kier alpha value is -2.86. The van der Waals surface area contributed by atoms with Crippen LogP contribution in [0, 0.1) is 6.92 Å². The summed E-state index contributed by atoms with van der Waals surface area (Å²) in [5.41, 5.74) is 9.31. The van der Waals surface area contributed by atoms with Gasteiger partial charge in [0.1, 0.15) is 0 Å². The Morgan fingerprint density at radius 2 is 1.75 bits per heavy atom. The summed E-state index contributed by atoms with van der Waals surface area (Å²) in [6.07, 6.45) is 3.44. The Morgan fingerprint density at radius 3 is 2.42 bits per heavy atom. The van der Waals surface area contributed by atoms with E-state index >= 15 is 0 Å². The monoisotopic (exact) mass is 339 g/mol. The van der Waals surface area contributed by atoms with Crippen molar-refractivity contribution in [3.05, 3.63) is 72.6 Å². The summed E-state index contributed by atoms with van der Waals surface area (Å²) in [6.45, 7) is 1.86. The third kappa shape index (κ3) is 3.38. The lowest BCUT2D eigenvalue weighted by atomic mass is 10.0. The van der Waals surface area contributed by atoms with Gasteiger partial charge in [0.15, 0.2) is 0 Å². The maximum Gasteiger partial charge on any atom is 0.261 e. The first-order valence-electron chi connectivity index (χ1n) is 7.35. The number of hydrogen-bond acceptors (Lipinski definition) is 4. The molecule has 6 heteroatoms. The van der Waals surface area contributed by atoms with Crippen LogP contribution in [-0.2, 0) is 10.0 Å². The molecule has 0 aliphatic heterocycles. The molecule has 0 unspecified atom stereocenters. The molecule has 0 aliphatic rings. The van der Waals surface area contributed by atoms with E-state index in [4.69, 9.17) is 5.73 Å². The van der Waals surface area contributed by atoms with Gasteiger partial charge in [0.2, 0.25) is 0 Å². The molecule has 0 saturated carbocycles. The highest BCUT2D eigenvalue weighted by Crippen LogP contribution is 2.27. The van der Waals surface area contributed by atoms with Crippen LogP contribution in [0.4, 0.5) is 11.4 Å². The highest BCUT2D eigenvalue weighted by atomic mass is 32.2. The fourth-order valence-electron chi connectivity index (χ4n) is 2.30. The number of sulfonamides is 1. The second-order valence-electron chi connectivity index (χ2n) is 5.45. The minimum atomic E-state index is -3.67. The lowest BCUT2D eigenvalue weighted by Gasteiger charge is -2.12. The number of pyridine rings is 1. The summed E-state index contributed by atoms with van der Waals surface area (Å²) < 4.78 is 27.7. The predicted octanol–water partition coefficient (Wildman–Crippen LogP) is 3.44. The van der Waals surface area contributed by atoms with Crippen molar-refractivity contribution in [1.29, 1.82) is 0 Å². The van der Waals surface area contributed by atoms with E-state index in [0.717, 1.165) is 16.7 Å². The summed E-state index contributed by atoms with van der Waals surface area (Å²) in [5.74, 6) is 0. The molecule has 5 nitrogen and oxygen atoms in total. The highest BCUT2D eigenvalue weighted by molar-refractivity contribution is 7.92. The molecule has 2 aromatic carbocycles. The van der Waals surface area contributed by atoms with Crippen LogP contribution in [0.15, 0.2) is 71.9 Å². The first kappa shape index (κ1) is 16.0. The zero-order valence-electron chi connectivity index (χ0n) is 13.1. The molecular formula is C18H17N3O2S. The van der Waals surface area contributed by atoms with E-state index in [2.05, 4.69) is 9.71 Å². The molecule has 0 radical (unpaired) electrons. The SMILES string of the molecule is Cc1ccc(-c2cccnc2)cc1NS(=O)(=O)c1ccc(N)cc1. The molecule has 0 amide bonds. The number of rotatable bonds is 4. The number of benzene rings is 2. The summed E-state index contributed by atoms with van der Waals surface area (Å²) >= 11 is 0. The largest absolute Gasteiger partial charge is 0.399 e. The van der Waals surface area contributed by atoms with Crippen LogP contribution in [-0.4, -0.2) is 13.4 Å². The summed E-state index contributed by atoms with van der Waals surface area (Å²) in [7, 11) is -3.67. The predicted molar refractivity (Wildman–Crippen MR) is 96.1 cm³/mol. The maximum absolute atomic E-state index is 12.5. The minimum absolute atomic E-state index is 0.169. The van der Waals surface area contributed by atoms with Crippen molar-refractivity contribution in [1.82, 2.24) is 4.98 Å². The maximum atomic E-state index is 12.5. The molecule has 3 rings (SSSR count). The van der Waals surface area contributed by atoms with Crippen molar-refractivity contribution in [2.75, 3.05) is 10.5 Å². The second-order valence-corrected chi connectivity index (χ2v) is 7.13. The Balaban J connectivity index is 1.96. The van der Waals surface area contributed by atoms with Gasteiger partial charge >= 0.3 is 0 Å². The zero-order chi connectivity index (χ0) is 17.2. The summed E-state index contributed by atoms with van der Waals surface area (Å²) in [4.78, 5) is 4.26. The van der Waals surface area contributed by atoms with Crippen LogP contribution >= 0.6 is 0 Å². The van der Waals surface area contributed by atoms with Gasteiger partial charge in [-0.05, 0) is 54.4 Å². The Bertz CT molecular complexity index is 953. The van der Waals surface area contributed by atoms with Gasteiger partial charge in [-0.15, -0.1) is 0 Å². The first-order chi connectivity index (χ1) is 11.5. The smallest absolute Gasteiger partial charge is 0.261 e. The van der Waals surface area contributed by atoms with Crippen LogP contribution in [0.5, 0.6) is 0 Å². The molecule has 24 heavy (non-hydrogen) atoms. The molecule has 3 N–H and O–H groups in total. The van der Waals surface area contributed by atoms with E-state index in [1.807, 2.05) is 31.2 Å². The molecule has 0 spiro atoms. The number of hydrogen-bond donors (Lipinski definition) is 2. The number of nitrogens with two attached hydrogens (primary N) is 1. The lowest BCUT2D eigenvalue weighted by molar-refractivity contribution is 0.601. The van der Waals surface area contributed by atoms with Gasteiger partial charge in [0.25, 0.3) is 10.0 Å². The van der Waals surface area contributed by atoms with E-state index in [-0.39, 0.29) is 4.90 Å². The van der Waals surface area contributed by atoms with Gasteiger partial charge < -0.3 is 5.73 Å². The second kappa shape index (κ2) is 6.33. The van der Waals surface area contributed by atoms with E-state index in [1.54, 1.807) is 30.6 Å². The molecule has 0 aliphatic carbocycles. The van der Waals surface area contributed by atoms with Crippen molar-refractivity contribution < 1.29 is 8.42 Å². The van der Waals surface area contributed by atoms with Crippen molar-refractivity contribution in [2.45, 2.75) is 11.8 Å². The van der Waals surface area contributed by atoms with Gasteiger partial charge in [-0.2, -0.15) is 0 Å². The van der Waals surface area contributed by atoms with Crippen LogP contribution in [0.2, 0.25) is 0 Å². The Labute approximate surface area is 141 Å². The molecular weight excluding hydrogens is 322 g/mol. The number of anilines is 2. The Morgan fingerprint density at radius 1 is 1.00 bits per heavy atom. The number of nitrogens with zero attached hydrogens (tertiary/aromatic N) is 1. The molecule has 0 atom stereocenters. The third-order valence-electron chi connectivity index (χ3n) is 3.67. The fourth-order valence-corrected chi connectivity index (χ4v) is 3.42. The van der Waals surface area contributed by atoms with Crippen LogP contribution < -0.4 is 10.5 Å². The number of aromatic nitrogens is 1. The summed E-state index contributed by atoms with van der Waals surface area (Å²) in [5, 5.41) is 0. The topological polar surface area (TPSA) is 85.1 Å². The highest BCUT2D eigenvalue weighted by Gasteiger charge is 2.15. The lowest BCUT2D eigenvalue weighted by Crippen LogP contribution is -2.13.